The van der Waals surface area contributed by atoms with Crippen LogP contribution in [0, 0.1) is 0 Å². The number of nitrogens with two attached hydrogens (primary N) is 1. The number of benzene rings is 1. The van der Waals surface area contributed by atoms with E-state index in [2.05, 4.69) is 0 Å². The highest BCUT2D eigenvalue weighted by Gasteiger charge is 2.04. The Balaban J connectivity index is 2.57. The minimum absolute atomic E-state index is 0.0876. The molecule has 3 N–H and O–H groups in total. The molecule has 0 aliphatic carbocycles. The monoisotopic (exact) mass is 221 g/mol. The zero-order chi connectivity index (χ0) is 12.0. The van der Waals surface area contributed by atoms with Crippen molar-refractivity contribution in [3.63, 3.8) is 0 Å². The second-order valence-electron chi connectivity index (χ2n) is 4.05. The van der Waals surface area contributed by atoms with Crippen LogP contribution in [0.4, 0.5) is 0 Å². The molecule has 0 aromatic heterocycles. The molecule has 1 aromatic carbocycles. The molecule has 16 heavy (non-hydrogen) atoms. The highest BCUT2D eigenvalue weighted by molar-refractivity contribution is 5.96. The highest BCUT2D eigenvalue weighted by atomic mass is 16.3. The molecule has 0 aliphatic rings. The maximum Gasteiger partial charge on any atom is 0.164 e. The molecule has 0 radical (unpaired) electrons. The minimum atomic E-state index is -0.279. The number of hydrogen-bond donors (Lipinski definition) is 2. The van der Waals surface area contributed by atoms with Gasteiger partial charge in [-0.3, -0.25) is 4.79 Å². The largest absolute Gasteiger partial charge is 0.393 e. The van der Waals surface area contributed by atoms with Gasteiger partial charge in [0, 0.05) is 12.0 Å². The predicted molar refractivity (Wildman–Crippen MR) is 64.4 cm³/mol. The quantitative estimate of drug-likeness (QED) is 0.716. The van der Waals surface area contributed by atoms with Crippen molar-refractivity contribution in [3.05, 3.63) is 35.4 Å². The Morgan fingerprint density at radius 1 is 1.38 bits per heavy atom. The minimum Gasteiger partial charge on any atom is -0.393 e. The fraction of sp³-hybridized carbons (Fsp3) is 0.462. The van der Waals surface area contributed by atoms with Gasteiger partial charge in [0.1, 0.15) is 0 Å². The van der Waals surface area contributed by atoms with Gasteiger partial charge in [-0.15, -0.1) is 0 Å². The molecule has 0 amide bonds. The molecule has 1 unspecified atom stereocenters. The smallest absolute Gasteiger partial charge is 0.164 e. The van der Waals surface area contributed by atoms with Gasteiger partial charge in [-0.05, 0) is 31.9 Å². The lowest BCUT2D eigenvalue weighted by molar-refractivity contribution is 0.0985. The number of ketones is 1. The van der Waals surface area contributed by atoms with E-state index in [9.17, 15) is 4.79 Å². The normalized spacial score (nSPS) is 12.4. The molecule has 0 spiro atoms. The van der Waals surface area contributed by atoms with E-state index in [1.807, 2.05) is 24.3 Å². The van der Waals surface area contributed by atoms with E-state index in [1.54, 1.807) is 6.92 Å². The Morgan fingerprint density at radius 2 is 2.00 bits per heavy atom. The second kappa shape index (κ2) is 6.40. The molecule has 0 heterocycles. The van der Waals surface area contributed by atoms with Gasteiger partial charge in [-0.2, -0.15) is 0 Å². The summed E-state index contributed by atoms with van der Waals surface area (Å²) in [7, 11) is 0. The van der Waals surface area contributed by atoms with E-state index in [0.717, 1.165) is 18.4 Å². The van der Waals surface area contributed by atoms with Crippen molar-refractivity contribution in [2.24, 2.45) is 5.73 Å². The van der Waals surface area contributed by atoms with Crippen LogP contribution in [0.25, 0.3) is 0 Å². The summed E-state index contributed by atoms with van der Waals surface area (Å²) in [5.41, 5.74) is 7.19. The van der Waals surface area contributed by atoms with Crippen molar-refractivity contribution in [2.45, 2.75) is 32.3 Å². The average Bonchev–Trinajstić information content (AvgIpc) is 2.27. The average molecular weight is 221 g/mol. The Kier molecular flexibility index (Phi) is 5.15. The molecule has 1 rings (SSSR count). The third kappa shape index (κ3) is 4.13. The summed E-state index contributed by atoms with van der Waals surface area (Å²) in [5, 5.41) is 9.16. The lowest BCUT2D eigenvalue weighted by Crippen LogP contribution is -2.08. The number of hydrogen-bond acceptors (Lipinski definition) is 3. The molecule has 1 atom stereocenters. The topological polar surface area (TPSA) is 63.3 Å². The highest BCUT2D eigenvalue weighted by Crippen LogP contribution is 2.09. The van der Waals surface area contributed by atoms with Gasteiger partial charge in [0.25, 0.3) is 0 Å². The number of aliphatic hydroxyl groups excluding tert-OH is 1. The number of aliphatic hydroxyl groups is 1. The van der Waals surface area contributed by atoms with E-state index in [0.29, 0.717) is 18.5 Å². The second-order valence-corrected chi connectivity index (χ2v) is 4.05. The van der Waals surface area contributed by atoms with Crippen molar-refractivity contribution in [1.29, 1.82) is 0 Å². The number of Topliss-reactive ketones (excluding diaryl/α,β-unsaturated/α-hetero) is 1. The molecule has 0 saturated carbocycles. The van der Waals surface area contributed by atoms with Crippen molar-refractivity contribution < 1.29 is 9.90 Å². The zero-order valence-electron chi connectivity index (χ0n) is 9.65. The van der Waals surface area contributed by atoms with E-state index < -0.39 is 0 Å². The van der Waals surface area contributed by atoms with Crippen molar-refractivity contribution in [3.8, 4) is 0 Å². The van der Waals surface area contributed by atoms with Crippen LogP contribution in [0.2, 0.25) is 0 Å². The number of carbonyl (C=O) groups excluding carboxylic acids is 1. The maximum atomic E-state index is 11.5. The van der Waals surface area contributed by atoms with Gasteiger partial charge >= 0.3 is 0 Å². The lowest BCUT2D eigenvalue weighted by atomic mass is 10.0. The van der Waals surface area contributed by atoms with Gasteiger partial charge in [-0.25, -0.2) is 0 Å². The lowest BCUT2D eigenvalue weighted by Gasteiger charge is -2.05. The SMILES string of the molecule is CC(O)CCc1ccc(C(=O)CCN)cc1. The first kappa shape index (κ1) is 12.9. The van der Waals surface area contributed by atoms with E-state index in [-0.39, 0.29) is 11.9 Å². The van der Waals surface area contributed by atoms with Gasteiger partial charge in [0.05, 0.1) is 6.10 Å². The van der Waals surface area contributed by atoms with Crippen LogP contribution in [-0.2, 0) is 6.42 Å². The molecule has 1 aromatic rings. The van der Waals surface area contributed by atoms with E-state index >= 15 is 0 Å². The van der Waals surface area contributed by atoms with E-state index in [1.165, 1.54) is 0 Å². The summed E-state index contributed by atoms with van der Waals surface area (Å²) >= 11 is 0. The molecular weight excluding hydrogens is 202 g/mol. The summed E-state index contributed by atoms with van der Waals surface area (Å²) in [4.78, 5) is 11.5. The first-order chi connectivity index (χ1) is 7.63. The van der Waals surface area contributed by atoms with Gasteiger partial charge in [-0.1, -0.05) is 24.3 Å². The molecule has 0 bridgehead atoms. The predicted octanol–water partition coefficient (Wildman–Crippen LogP) is 1.53. The molecule has 3 heteroatoms. The number of aryl methyl sites for hydroxylation is 1. The standard InChI is InChI=1S/C13H19NO2/c1-10(15)2-3-11-4-6-12(7-5-11)13(16)8-9-14/h4-7,10,15H,2-3,8-9,14H2,1H3. The van der Waals surface area contributed by atoms with Crippen LogP contribution in [0.15, 0.2) is 24.3 Å². The number of rotatable bonds is 6. The summed E-state index contributed by atoms with van der Waals surface area (Å²) in [6.45, 7) is 2.17. The third-order valence-corrected chi connectivity index (χ3v) is 2.50. The van der Waals surface area contributed by atoms with Crippen LogP contribution >= 0.6 is 0 Å². The van der Waals surface area contributed by atoms with Gasteiger partial charge in [0.15, 0.2) is 5.78 Å². The Hall–Kier alpha value is -1.19. The molecular formula is C13H19NO2. The molecule has 0 fully saturated rings. The van der Waals surface area contributed by atoms with Crippen LogP contribution in [-0.4, -0.2) is 23.5 Å². The summed E-state index contributed by atoms with van der Waals surface area (Å²) in [6, 6.07) is 7.53. The Bertz CT molecular complexity index is 330. The molecule has 0 aliphatic heterocycles. The summed E-state index contributed by atoms with van der Waals surface area (Å²) in [5.74, 6) is 0.0876. The fourth-order valence-corrected chi connectivity index (χ4v) is 1.51. The van der Waals surface area contributed by atoms with Crippen LogP contribution in [0.3, 0.4) is 0 Å². The maximum absolute atomic E-state index is 11.5. The van der Waals surface area contributed by atoms with Crippen molar-refractivity contribution in [1.82, 2.24) is 0 Å². The molecule has 3 nitrogen and oxygen atoms in total. The third-order valence-electron chi connectivity index (χ3n) is 2.50. The first-order valence-electron chi connectivity index (χ1n) is 5.63. The van der Waals surface area contributed by atoms with E-state index in [4.69, 9.17) is 10.8 Å². The Morgan fingerprint density at radius 3 is 2.50 bits per heavy atom. The first-order valence-corrected chi connectivity index (χ1v) is 5.63. The molecule has 0 saturated heterocycles. The summed E-state index contributed by atoms with van der Waals surface area (Å²) in [6.07, 6.45) is 1.70. The molecule has 88 valence electrons. The fourth-order valence-electron chi connectivity index (χ4n) is 1.51. The van der Waals surface area contributed by atoms with Gasteiger partial charge in [0.2, 0.25) is 0 Å². The van der Waals surface area contributed by atoms with Crippen molar-refractivity contribution in [2.75, 3.05) is 6.54 Å². The van der Waals surface area contributed by atoms with Crippen LogP contribution in [0.5, 0.6) is 0 Å². The Labute approximate surface area is 96.3 Å². The number of carbonyl (C=O) groups is 1. The van der Waals surface area contributed by atoms with Crippen LogP contribution in [0.1, 0.15) is 35.7 Å². The zero-order valence-corrected chi connectivity index (χ0v) is 9.65. The summed E-state index contributed by atoms with van der Waals surface area (Å²) < 4.78 is 0. The van der Waals surface area contributed by atoms with Crippen LogP contribution < -0.4 is 5.73 Å². The van der Waals surface area contributed by atoms with Crippen molar-refractivity contribution >= 4 is 5.78 Å². The van der Waals surface area contributed by atoms with Gasteiger partial charge < -0.3 is 10.8 Å².